The van der Waals surface area contributed by atoms with E-state index in [0.717, 1.165) is 12.5 Å². The average Bonchev–Trinajstić information content (AvgIpc) is 2.82. The second kappa shape index (κ2) is 4.05. The second-order valence-corrected chi connectivity index (χ2v) is 5.51. The van der Waals surface area contributed by atoms with Crippen molar-refractivity contribution in [2.45, 2.75) is 32.4 Å². The van der Waals surface area contributed by atoms with E-state index in [1.807, 2.05) is 0 Å². The van der Waals surface area contributed by atoms with Gasteiger partial charge in [0.2, 0.25) is 0 Å². The van der Waals surface area contributed by atoms with E-state index in [1.165, 1.54) is 31.0 Å². The molecule has 0 N–H and O–H groups in total. The molecule has 1 aliphatic carbocycles. The second-order valence-electron chi connectivity index (χ2n) is 5.51. The Morgan fingerprint density at radius 1 is 1.24 bits per heavy atom. The number of halogens is 2. The topological polar surface area (TPSA) is 3.24 Å². The van der Waals surface area contributed by atoms with Crippen molar-refractivity contribution in [1.82, 2.24) is 4.90 Å². The first kappa shape index (κ1) is 11.1. The number of benzene rings is 1. The summed E-state index contributed by atoms with van der Waals surface area (Å²) in [5, 5.41) is 0. The lowest BCUT2D eigenvalue weighted by Gasteiger charge is -2.31. The third-order valence-electron chi connectivity index (χ3n) is 4.32. The van der Waals surface area contributed by atoms with Crippen molar-refractivity contribution >= 4 is 0 Å². The Morgan fingerprint density at radius 3 is 2.53 bits per heavy atom. The molecule has 0 radical (unpaired) electrons. The summed E-state index contributed by atoms with van der Waals surface area (Å²) in [6.45, 7) is 3.67. The molecule has 0 aromatic heterocycles. The Labute approximate surface area is 100 Å². The van der Waals surface area contributed by atoms with Crippen molar-refractivity contribution in [3.8, 4) is 0 Å². The van der Waals surface area contributed by atoms with Gasteiger partial charge >= 0.3 is 0 Å². The Hall–Kier alpha value is -0.960. The third kappa shape index (κ3) is 1.86. The molecule has 1 nitrogen and oxygen atoms in total. The monoisotopic (exact) mass is 237 g/mol. The van der Waals surface area contributed by atoms with Gasteiger partial charge in [-0.1, -0.05) is 13.0 Å². The molecule has 17 heavy (non-hydrogen) atoms. The van der Waals surface area contributed by atoms with Crippen LogP contribution in [-0.2, 0) is 6.54 Å². The third-order valence-corrected chi connectivity index (χ3v) is 4.32. The highest BCUT2D eigenvalue weighted by Crippen LogP contribution is 2.42. The SMILES string of the molecule is CC1CC2CC1N(Cc1c(F)cccc1F)C2. The molecule has 1 saturated carbocycles. The van der Waals surface area contributed by atoms with Crippen molar-refractivity contribution in [2.24, 2.45) is 11.8 Å². The zero-order valence-electron chi connectivity index (χ0n) is 10.00. The smallest absolute Gasteiger partial charge is 0.130 e. The van der Waals surface area contributed by atoms with E-state index < -0.39 is 11.6 Å². The Kier molecular flexibility index (Phi) is 2.66. The number of piperidine rings is 1. The maximum absolute atomic E-state index is 13.6. The summed E-state index contributed by atoms with van der Waals surface area (Å²) < 4.78 is 27.2. The minimum absolute atomic E-state index is 0.229. The van der Waals surface area contributed by atoms with Crippen molar-refractivity contribution in [1.29, 1.82) is 0 Å². The van der Waals surface area contributed by atoms with E-state index in [2.05, 4.69) is 11.8 Å². The molecule has 92 valence electrons. The van der Waals surface area contributed by atoms with E-state index in [4.69, 9.17) is 0 Å². The van der Waals surface area contributed by atoms with Crippen LogP contribution in [0.1, 0.15) is 25.3 Å². The van der Waals surface area contributed by atoms with Crippen LogP contribution in [0.2, 0.25) is 0 Å². The van der Waals surface area contributed by atoms with Gasteiger partial charge in [0.1, 0.15) is 11.6 Å². The van der Waals surface area contributed by atoms with Gasteiger partial charge in [0, 0.05) is 24.7 Å². The highest BCUT2D eigenvalue weighted by Gasteiger charge is 2.42. The highest BCUT2D eigenvalue weighted by molar-refractivity contribution is 5.20. The highest BCUT2D eigenvalue weighted by atomic mass is 19.1. The van der Waals surface area contributed by atoms with Crippen molar-refractivity contribution in [3.05, 3.63) is 35.4 Å². The summed E-state index contributed by atoms with van der Waals surface area (Å²) in [6, 6.07) is 4.64. The molecule has 1 saturated heterocycles. The summed E-state index contributed by atoms with van der Waals surface area (Å²) in [4.78, 5) is 2.25. The fourth-order valence-electron chi connectivity index (χ4n) is 3.55. The summed E-state index contributed by atoms with van der Waals surface area (Å²) in [5.74, 6) is 0.578. The summed E-state index contributed by atoms with van der Waals surface area (Å²) >= 11 is 0. The summed E-state index contributed by atoms with van der Waals surface area (Å²) in [5.41, 5.74) is 0.229. The van der Waals surface area contributed by atoms with Crippen LogP contribution >= 0.6 is 0 Å². The molecule has 0 spiro atoms. The number of fused-ring (bicyclic) bond motifs is 2. The molecule has 0 amide bonds. The molecule has 1 aromatic carbocycles. The minimum atomic E-state index is -0.416. The van der Waals surface area contributed by atoms with Crippen LogP contribution in [0.3, 0.4) is 0 Å². The van der Waals surface area contributed by atoms with E-state index >= 15 is 0 Å². The molecule has 2 fully saturated rings. The van der Waals surface area contributed by atoms with Crippen molar-refractivity contribution < 1.29 is 8.78 Å². The Balaban J connectivity index is 1.80. The van der Waals surface area contributed by atoms with E-state index in [9.17, 15) is 8.78 Å². The van der Waals surface area contributed by atoms with Crippen LogP contribution in [0.15, 0.2) is 18.2 Å². The van der Waals surface area contributed by atoms with E-state index in [-0.39, 0.29) is 5.56 Å². The molecule has 3 unspecified atom stereocenters. The minimum Gasteiger partial charge on any atom is -0.295 e. The maximum Gasteiger partial charge on any atom is 0.130 e. The molecule has 1 heterocycles. The first-order valence-electron chi connectivity index (χ1n) is 6.32. The Morgan fingerprint density at radius 2 is 1.94 bits per heavy atom. The predicted octanol–water partition coefficient (Wildman–Crippen LogP) is 3.20. The normalized spacial score (nSPS) is 32.3. The van der Waals surface area contributed by atoms with Crippen LogP contribution in [0.25, 0.3) is 0 Å². The molecular weight excluding hydrogens is 220 g/mol. The van der Waals surface area contributed by atoms with Crippen LogP contribution in [-0.4, -0.2) is 17.5 Å². The van der Waals surface area contributed by atoms with Crippen molar-refractivity contribution in [2.75, 3.05) is 6.54 Å². The standard InChI is InChI=1S/C14H17F2N/c1-9-5-10-6-14(9)17(7-10)8-11-12(15)3-2-4-13(11)16/h2-4,9-10,14H,5-8H2,1H3. The van der Waals surface area contributed by atoms with E-state index in [1.54, 1.807) is 0 Å². The fourth-order valence-corrected chi connectivity index (χ4v) is 3.55. The first-order chi connectivity index (χ1) is 8.15. The van der Waals surface area contributed by atoms with Gasteiger partial charge in [-0.3, -0.25) is 4.90 Å². The molecule has 1 aromatic rings. The lowest BCUT2D eigenvalue weighted by molar-refractivity contribution is 0.156. The molecule has 3 heteroatoms. The maximum atomic E-state index is 13.6. The average molecular weight is 237 g/mol. The van der Waals surface area contributed by atoms with Crippen molar-refractivity contribution in [3.63, 3.8) is 0 Å². The molecule has 3 rings (SSSR count). The lowest BCUT2D eigenvalue weighted by Crippen LogP contribution is -2.36. The van der Waals surface area contributed by atoms with E-state index in [0.29, 0.717) is 18.5 Å². The molecule has 3 atom stereocenters. The lowest BCUT2D eigenvalue weighted by atomic mass is 9.99. The van der Waals surface area contributed by atoms with Crippen LogP contribution in [0.5, 0.6) is 0 Å². The molecule has 1 aliphatic heterocycles. The van der Waals surface area contributed by atoms with Crippen LogP contribution in [0, 0.1) is 23.5 Å². The molecule has 2 aliphatic rings. The van der Waals surface area contributed by atoms with Gasteiger partial charge in [-0.2, -0.15) is 0 Å². The number of hydrogen-bond acceptors (Lipinski definition) is 1. The first-order valence-corrected chi connectivity index (χ1v) is 6.32. The predicted molar refractivity (Wildman–Crippen MR) is 62.4 cm³/mol. The zero-order chi connectivity index (χ0) is 12.0. The zero-order valence-corrected chi connectivity index (χ0v) is 10.00. The Bertz CT molecular complexity index is 412. The number of hydrogen-bond donors (Lipinski definition) is 0. The quantitative estimate of drug-likeness (QED) is 0.763. The van der Waals surface area contributed by atoms with Gasteiger partial charge in [0.25, 0.3) is 0 Å². The largest absolute Gasteiger partial charge is 0.295 e. The number of likely N-dealkylation sites (tertiary alicyclic amines) is 1. The van der Waals surface area contributed by atoms with Gasteiger partial charge in [0.05, 0.1) is 0 Å². The van der Waals surface area contributed by atoms with Gasteiger partial charge in [-0.05, 0) is 36.8 Å². The fraction of sp³-hybridized carbons (Fsp3) is 0.571. The number of nitrogens with zero attached hydrogens (tertiary/aromatic N) is 1. The van der Waals surface area contributed by atoms with Crippen LogP contribution in [0.4, 0.5) is 8.78 Å². The molecule has 2 bridgehead atoms. The van der Waals surface area contributed by atoms with Crippen LogP contribution < -0.4 is 0 Å². The van der Waals surface area contributed by atoms with Gasteiger partial charge in [0.15, 0.2) is 0 Å². The summed E-state index contributed by atoms with van der Waals surface area (Å²) in [6.07, 6.45) is 2.48. The summed E-state index contributed by atoms with van der Waals surface area (Å²) in [7, 11) is 0. The van der Waals surface area contributed by atoms with Gasteiger partial charge < -0.3 is 0 Å². The molecular formula is C14H17F2N. The van der Waals surface area contributed by atoms with Gasteiger partial charge in [-0.25, -0.2) is 8.78 Å². The van der Waals surface area contributed by atoms with Gasteiger partial charge in [-0.15, -0.1) is 0 Å². The number of rotatable bonds is 2.